The number of sulfonamides is 1. The smallest absolute Gasteiger partial charge is 0.337 e. The van der Waals surface area contributed by atoms with Gasteiger partial charge in [0.2, 0.25) is 0 Å². The first kappa shape index (κ1) is 26.0. The second-order valence-electron chi connectivity index (χ2n) is 7.69. The number of methoxy groups -OCH3 is 1. The standard InChI is InChI=1S/C22H24ClN3O6S3/c1-3-32-12-11-25-15-7-6-14(21(28)31-2)13-17(15)33-22(25)24-20(27)16-5-4-10-26(16)35(29,30)19-9-8-18(23)34-19/h6-9,13,16H,3-5,10-12H2,1-2H3. The highest BCUT2D eigenvalue weighted by molar-refractivity contribution is 7.91. The molecule has 0 saturated carbocycles. The summed E-state index contributed by atoms with van der Waals surface area (Å²) in [5, 5.41) is 0. The average molecular weight is 558 g/mol. The number of nitrogens with zero attached hydrogens (tertiary/aromatic N) is 3. The van der Waals surface area contributed by atoms with Gasteiger partial charge in [-0.15, -0.1) is 11.3 Å². The molecule has 0 aliphatic carbocycles. The highest BCUT2D eigenvalue weighted by Gasteiger charge is 2.40. The summed E-state index contributed by atoms with van der Waals surface area (Å²) in [5.74, 6) is -0.991. The molecule has 0 spiro atoms. The predicted molar refractivity (Wildman–Crippen MR) is 134 cm³/mol. The quantitative estimate of drug-likeness (QED) is 0.310. The lowest BCUT2D eigenvalue weighted by atomic mass is 10.2. The molecule has 4 rings (SSSR count). The van der Waals surface area contributed by atoms with Crippen LogP contribution in [0.15, 0.2) is 39.5 Å². The Kier molecular flexibility index (Phi) is 8.09. The number of aromatic nitrogens is 1. The van der Waals surface area contributed by atoms with Crippen molar-refractivity contribution in [2.45, 2.75) is 36.6 Å². The number of hydrogen-bond acceptors (Lipinski definition) is 8. The Morgan fingerprint density at radius 2 is 2.03 bits per heavy atom. The summed E-state index contributed by atoms with van der Waals surface area (Å²) in [5.41, 5.74) is 1.18. The maximum atomic E-state index is 13.3. The van der Waals surface area contributed by atoms with Crippen LogP contribution in [0.25, 0.3) is 10.2 Å². The van der Waals surface area contributed by atoms with E-state index >= 15 is 0 Å². The van der Waals surface area contributed by atoms with Gasteiger partial charge in [0, 0.05) is 19.7 Å². The fourth-order valence-electron chi connectivity index (χ4n) is 3.91. The lowest BCUT2D eigenvalue weighted by Gasteiger charge is -2.20. The summed E-state index contributed by atoms with van der Waals surface area (Å²) >= 11 is 8.15. The SMILES string of the molecule is CCOCCn1c(=NC(=O)C2CCCN2S(=O)(=O)c2ccc(Cl)s2)sc2cc(C(=O)OC)ccc21. The Morgan fingerprint density at radius 3 is 2.71 bits per heavy atom. The van der Waals surface area contributed by atoms with Gasteiger partial charge in [-0.1, -0.05) is 22.9 Å². The molecule has 0 bridgehead atoms. The van der Waals surface area contributed by atoms with Gasteiger partial charge >= 0.3 is 5.97 Å². The van der Waals surface area contributed by atoms with Crippen molar-refractivity contribution >= 4 is 66.4 Å². The number of rotatable bonds is 8. The lowest BCUT2D eigenvalue weighted by molar-refractivity contribution is -0.121. The molecule has 1 atom stereocenters. The van der Waals surface area contributed by atoms with Crippen molar-refractivity contribution < 1.29 is 27.5 Å². The molecule has 188 valence electrons. The van der Waals surface area contributed by atoms with Gasteiger partial charge in [-0.2, -0.15) is 9.30 Å². The normalized spacial score (nSPS) is 17.3. The van der Waals surface area contributed by atoms with Gasteiger partial charge in [0.15, 0.2) is 4.80 Å². The van der Waals surface area contributed by atoms with Gasteiger partial charge in [-0.25, -0.2) is 13.2 Å². The summed E-state index contributed by atoms with van der Waals surface area (Å²) in [6.45, 7) is 3.53. The second kappa shape index (κ2) is 10.9. The van der Waals surface area contributed by atoms with Crippen molar-refractivity contribution in [2.24, 2.45) is 4.99 Å². The van der Waals surface area contributed by atoms with Crippen LogP contribution in [0.1, 0.15) is 30.1 Å². The molecule has 1 amide bonds. The molecule has 2 aromatic heterocycles. The van der Waals surface area contributed by atoms with E-state index in [1.807, 2.05) is 11.5 Å². The number of fused-ring (bicyclic) bond motifs is 1. The van der Waals surface area contributed by atoms with Gasteiger partial charge in [-0.05, 0) is 50.1 Å². The van der Waals surface area contributed by atoms with Crippen molar-refractivity contribution in [2.75, 3.05) is 26.9 Å². The molecule has 1 unspecified atom stereocenters. The minimum absolute atomic E-state index is 0.103. The Hall–Kier alpha value is -2.09. The van der Waals surface area contributed by atoms with Crippen LogP contribution in [-0.2, 0) is 30.8 Å². The lowest BCUT2D eigenvalue weighted by Crippen LogP contribution is -2.40. The molecule has 13 heteroatoms. The molecular formula is C22H24ClN3O6S3. The number of benzene rings is 1. The monoisotopic (exact) mass is 557 g/mol. The zero-order valence-corrected chi connectivity index (χ0v) is 22.3. The molecule has 0 radical (unpaired) electrons. The van der Waals surface area contributed by atoms with Crippen molar-refractivity contribution in [3.8, 4) is 0 Å². The van der Waals surface area contributed by atoms with Gasteiger partial charge in [0.25, 0.3) is 15.9 Å². The number of amides is 1. The fourth-order valence-corrected chi connectivity index (χ4v) is 8.28. The second-order valence-corrected chi connectivity index (χ2v) is 12.5. The first-order chi connectivity index (χ1) is 16.8. The van der Waals surface area contributed by atoms with E-state index in [4.69, 9.17) is 21.1 Å². The van der Waals surface area contributed by atoms with Gasteiger partial charge in [0.05, 0.1) is 33.8 Å². The number of carbonyl (C=O) groups excluding carboxylic acids is 2. The third-order valence-corrected chi connectivity index (χ3v) is 10.2. The highest BCUT2D eigenvalue weighted by Crippen LogP contribution is 2.32. The van der Waals surface area contributed by atoms with Crippen LogP contribution in [0.4, 0.5) is 0 Å². The van der Waals surface area contributed by atoms with Crippen molar-refractivity contribution in [3.05, 3.63) is 45.0 Å². The van der Waals surface area contributed by atoms with Crippen LogP contribution in [-0.4, -0.2) is 62.1 Å². The van der Waals surface area contributed by atoms with Crippen LogP contribution >= 0.6 is 34.3 Å². The topological polar surface area (TPSA) is 107 Å². The molecule has 3 aromatic rings. The Morgan fingerprint density at radius 1 is 1.23 bits per heavy atom. The van der Waals surface area contributed by atoms with Crippen LogP contribution in [0, 0.1) is 0 Å². The third-order valence-electron chi connectivity index (χ3n) is 5.57. The molecule has 1 aromatic carbocycles. The Bertz CT molecular complexity index is 1430. The van der Waals surface area contributed by atoms with E-state index in [-0.39, 0.29) is 10.8 Å². The summed E-state index contributed by atoms with van der Waals surface area (Å²) in [6, 6.07) is 7.21. The number of carbonyl (C=O) groups is 2. The summed E-state index contributed by atoms with van der Waals surface area (Å²) in [7, 11) is -2.55. The van der Waals surface area contributed by atoms with E-state index in [0.29, 0.717) is 47.3 Å². The van der Waals surface area contributed by atoms with Crippen LogP contribution in [0.5, 0.6) is 0 Å². The largest absolute Gasteiger partial charge is 0.465 e. The summed E-state index contributed by atoms with van der Waals surface area (Å²) in [6.07, 6.45) is 0.945. The first-order valence-electron chi connectivity index (χ1n) is 10.9. The van der Waals surface area contributed by atoms with E-state index in [1.54, 1.807) is 18.2 Å². The molecular weight excluding hydrogens is 534 g/mol. The first-order valence-corrected chi connectivity index (χ1v) is 14.4. The Labute approximate surface area is 215 Å². The van der Waals surface area contributed by atoms with E-state index in [1.165, 1.54) is 34.9 Å². The summed E-state index contributed by atoms with van der Waals surface area (Å²) < 4.78 is 40.9. The number of halogens is 1. The molecule has 1 aliphatic rings. The zero-order valence-electron chi connectivity index (χ0n) is 19.1. The number of hydrogen-bond donors (Lipinski definition) is 0. The van der Waals surface area contributed by atoms with Crippen LogP contribution in [0.2, 0.25) is 4.34 Å². The third kappa shape index (κ3) is 5.37. The van der Waals surface area contributed by atoms with Crippen LogP contribution in [0.3, 0.4) is 0 Å². The molecule has 0 N–H and O–H groups in total. The molecule has 35 heavy (non-hydrogen) atoms. The molecule has 1 aliphatic heterocycles. The molecule has 3 heterocycles. The van der Waals surface area contributed by atoms with Gasteiger partial charge < -0.3 is 14.0 Å². The van der Waals surface area contributed by atoms with E-state index in [2.05, 4.69) is 4.99 Å². The van der Waals surface area contributed by atoms with Crippen molar-refractivity contribution in [1.82, 2.24) is 8.87 Å². The predicted octanol–water partition coefficient (Wildman–Crippen LogP) is 3.52. The zero-order chi connectivity index (χ0) is 25.2. The van der Waals surface area contributed by atoms with Gasteiger partial charge in [-0.3, -0.25) is 4.79 Å². The number of ether oxygens (including phenoxy) is 2. The Balaban J connectivity index is 1.72. The van der Waals surface area contributed by atoms with Crippen LogP contribution < -0.4 is 4.80 Å². The van der Waals surface area contributed by atoms with E-state index < -0.39 is 27.9 Å². The van der Waals surface area contributed by atoms with Crippen molar-refractivity contribution in [1.29, 1.82) is 0 Å². The van der Waals surface area contributed by atoms with E-state index in [0.717, 1.165) is 21.6 Å². The highest BCUT2D eigenvalue weighted by atomic mass is 35.5. The number of thiophene rings is 1. The fraction of sp³-hybridized carbons (Fsp3) is 0.409. The maximum Gasteiger partial charge on any atom is 0.337 e. The maximum absolute atomic E-state index is 13.3. The molecule has 1 saturated heterocycles. The minimum atomic E-state index is -3.86. The molecule has 9 nitrogen and oxygen atoms in total. The number of thiazole rings is 1. The summed E-state index contributed by atoms with van der Waals surface area (Å²) in [4.78, 5) is 30.0. The number of esters is 1. The average Bonchev–Trinajstić information content (AvgIpc) is 3.57. The minimum Gasteiger partial charge on any atom is -0.465 e. The van der Waals surface area contributed by atoms with Gasteiger partial charge in [0.1, 0.15) is 10.3 Å². The molecule has 1 fully saturated rings. The van der Waals surface area contributed by atoms with Crippen molar-refractivity contribution in [3.63, 3.8) is 0 Å². The van der Waals surface area contributed by atoms with E-state index in [9.17, 15) is 18.0 Å².